The quantitative estimate of drug-likeness (QED) is 0.380. The SMILES string of the molecule is CCOC(=O)C1(Cc2ccc(OC)c(OC)c2)Sc2ccccc2N(CCN2CCCCC2)C1=O. The minimum atomic E-state index is -1.42. The molecule has 2 aromatic rings. The van der Waals surface area contributed by atoms with E-state index in [9.17, 15) is 9.59 Å². The van der Waals surface area contributed by atoms with Crippen LogP contribution >= 0.6 is 11.8 Å². The molecule has 35 heavy (non-hydrogen) atoms. The highest BCUT2D eigenvalue weighted by Crippen LogP contribution is 2.48. The average Bonchev–Trinajstić information content (AvgIpc) is 2.89. The van der Waals surface area contributed by atoms with Crippen LogP contribution in [0.1, 0.15) is 31.7 Å². The Morgan fingerprint density at radius 1 is 1.00 bits per heavy atom. The number of likely N-dealkylation sites (tertiary alicyclic amines) is 1. The predicted molar refractivity (Wildman–Crippen MR) is 138 cm³/mol. The number of amides is 1. The van der Waals surface area contributed by atoms with Gasteiger partial charge in [0.25, 0.3) is 5.91 Å². The maximum absolute atomic E-state index is 14.2. The highest BCUT2D eigenvalue weighted by Gasteiger charge is 2.54. The number of anilines is 1. The second-order valence-corrected chi connectivity index (χ2v) is 10.2. The smallest absolute Gasteiger partial charge is 0.332 e. The third kappa shape index (κ3) is 5.28. The zero-order valence-electron chi connectivity index (χ0n) is 20.7. The first-order chi connectivity index (χ1) is 17.0. The van der Waals surface area contributed by atoms with Gasteiger partial charge in [0.2, 0.25) is 4.75 Å². The highest BCUT2D eigenvalue weighted by atomic mass is 32.2. The Labute approximate surface area is 211 Å². The summed E-state index contributed by atoms with van der Waals surface area (Å²) in [6.07, 6.45) is 3.82. The summed E-state index contributed by atoms with van der Waals surface area (Å²) in [4.78, 5) is 32.8. The van der Waals surface area contributed by atoms with Gasteiger partial charge in [-0.3, -0.25) is 4.79 Å². The van der Waals surface area contributed by atoms with Gasteiger partial charge in [-0.15, -0.1) is 0 Å². The van der Waals surface area contributed by atoms with Crippen molar-refractivity contribution >= 4 is 29.3 Å². The highest BCUT2D eigenvalue weighted by molar-refractivity contribution is 8.02. The van der Waals surface area contributed by atoms with Gasteiger partial charge in [0.05, 0.1) is 26.5 Å². The number of nitrogens with zero attached hydrogens (tertiary/aromatic N) is 2. The maximum Gasteiger partial charge on any atom is 0.332 e. The largest absolute Gasteiger partial charge is 0.493 e. The second-order valence-electron chi connectivity index (χ2n) is 8.84. The molecule has 2 aromatic carbocycles. The lowest BCUT2D eigenvalue weighted by Gasteiger charge is -2.41. The number of hydrogen-bond acceptors (Lipinski definition) is 7. The fraction of sp³-hybridized carbons (Fsp3) is 0.481. The summed E-state index contributed by atoms with van der Waals surface area (Å²) in [5.74, 6) is 0.408. The number of piperidine rings is 1. The van der Waals surface area contributed by atoms with Crippen molar-refractivity contribution in [3.05, 3.63) is 48.0 Å². The second kappa shape index (κ2) is 11.4. The molecule has 0 N–H and O–H groups in total. The van der Waals surface area contributed by atoms with Crippen molar-refractivity contribution in [3.63, 3.8) is 0 Å². The molecule has 4 rings (SSSR count). The van der Waals surface area contributed by atoms with E-state index in [4.69, 9.17) is 14.2 Å². The zero-order chi connectivity index (χ0) is 24.8. The molecule has 0 radical (unpaired) electrons. The Hall–Kier alpha value is -2.71. The van der Waals surface area contributed by atoms with E-state index >= 15 is 0 Å². The summed E-state index contributed by atoms with van der Waals surface area (Å²) in [6.45, 7) is 5.38. The maximum atomic E-state index is 14.2. The van der Waals surface area contributed by atoms with E-state index in [0.717, 1.165) is 35.8 Å². The Morgan fingerprint density at radius 2 is 1.74 bits per heavy atom. The van der Waals surface area contributed by atoms with Crippen molar-refractivity contribution in [1.82, 2.24) is 4.90 Å². The summed E-state index contributed by atoms with van der Waals surface area (Å²) in [6, 6.07) is 13.3. The van der Waals surface area contributed by atoms with E-state index in [0.29, 0.717) is 18.0 Å². The van der Waals surface area contributed by atoms with Crippen molar-refractivity contribution in [2.45, 2.75) is 42.2 Å². The molecule has 0 aromatic heterocycles. The molecule has 1 saturated heterocycles. The van der Waals surface area contributed by atoms with Gasteiger partial charge in [-0.2, -0.15) is 0 Å². The molecular weight excluding hydrogens is 464 g/mol. The van der Waals surface area contributed by atoms with Gasteiger partial charge < -0.3 is 24.0 Å². The number of fused-ring (bicyclic) bond motifs is 1. The van der Waals surface area contributed by atoms with Gasteiger partial charge in [0.1, 0.15) is 0 Å². The molecule has 1 amide bonds. The van der Waals surface area contributed by atoms with Gasteiger partial charge in [0, 0.05) is 24.4 Å². The number of carbonyl (C=O) groups is 2. The number of para-hydroxylation sites is 1. The van der Waals surface area contributed by atoms with Crippen LogP contribution in [0.3, 0.4) is 0 Å². The fourth-order valence-corrected chi connectivity index (χ4v) is 6.19. The van der Waals surface area contributed by atoms with Gasteiger partial charge in [-0.1, -0.05) is 36.4 Å². The van der Waals surface area contributed by atoms with Gasteiger partial charge in [-0.25, -0.2) is 4.79 Å². The van der Waals surface area contributed by atoms with Crippen LogP contribution in [-0.4, -0.2) is 68.5 Å². The monoisotopic (exact) mass is 498 g/mol. The van der Waals surface area contributed by atoms with Crippen LogP contribution in [0, 0.1) is 0 Å². The summed E-state index contributed by atoms with van der Waals surface area (Å²) >= 11 is 1.29. The number of rotatable bonds is 9. The number of methoxy groups -OCH3 is 2. The zero-order valence-corrected chi connectivity index (χ0v) is 21.6. The van der Waals surface area contributed by atoms with Crippen molar-refractivity contribution in [1.29, 1.82) is 0 Å². The minimum Gasteiger partial charge on any atom is -0.493 e. The molecule has 1 atom stereocenters. The summed E-state index contributed by atoms with van der Waals surface area (Å²) < 4.78 is 14.9. The number of carbonyl (C=O) groups excluding carboxylic acids is 2. The molecule has 0 bridgehead atoms. The first kappa shape index (κ1) is 25.4. The third-order valence-electron chi connectivity index (χ3n) is 6.63. The standard InChI is InChI=1S/C27H34N2O5S/c1-4-34-26(31)27(19-20-12-13-22(32-2)23(18-20)33-3)25(30)29(17-16-28-14-8-5-9-15-28)21-10-6-7-11-24(21)35-27/h6-7,10-13,18H,4-5,8-9,14-17,19H2,1-3H3. The van der Waals surface area contributed by atoms with Crippen LogP contribution in [0.15, 0.2) is 47.4 Å². The molecule has 1 unspecified atom stereocenters. The average molecular weight is 499 g/mol. The van der Waals surface area contributed by atoms with Gasteiger partial charge in [-0.05, 0) is 62.7 Å². The van der Waals surface area contributed by atoms with Crippen LogP contribution in [0.4, 0.5) is 5.69 Å². The Kier molecular flexibility index (Phi) is 8.23. The molecule has 0 aliphatic carbocycles. The van der Waals surface area contributed by atoms with Crippen LogP contribution in [0.2, 0.25) is 0 Å². The summed E-state index contributed by atoms with van der Waals surface area (Å²) in [5.41, 5.74) is 1.65. The molecule has 2 aliphatic heterocycles. The van der Waals surface area contributed by atoms with E-state index in [-0.39, 0.29) is 18.9 Å². The first-order valence-corrected chi connectivity index (χ1v) is 13.0. The third-order valence-corrected chi connectivity index (χ3v) is 8.02. The number of thioether (sulfide) groups is 1. The van der Waals surface area contributed by atoms with Crippen LogP contribution < -0.4 is 14.4 Å². The van der Waals surface area contributed by atoms with E-state index in [1.54, 1.807) is 32.1 Å². The van der Waals surface area contributed by atoms with Gasteiger partial charge >= 0.3 is 5.97 Å². The number of ether oxygens (including phenoxy) is 3. The Balaban J connectivity index is 1.71. The van der Waals surface area contributed by atoms with Crippen LogP contribution in [-0.2, 0) is 20.7 Å². The van der Waals surface area contributed by atoms with Crippen molar-refractivity contribution in [2.24, 2.45) is 0 Å². The number of esters is 1. The molecule has 1 fully saturated rings. The summed E-state index contributed by atoms with van der Waals surface area (Å²) in [7, 11) is 3.15. The normalized spacial score (nSPS) is 20.3. The first-order valence-electron chi connectivity index (χ1n) is 12.2. The molecule has 0 spiro atoms. The number of hydrogen-bond donors (Lipinski definition) is 0. The lowest BCUT2D eigenvalue weighted by Crippen LogP contribution is -2.57. The molecule has 188 valence electrons. The molecule has 8 heteroatoms. The van der Waals surface area contributed by atoms with Crippen LogP contribution in [0.5, 0.6) is 11.5 Å². The van der Waals surface area contributed by atoms with Crippen LogP contribution in [0.25, 0.3) is 0 Å². The fourth-order valence-electron chi connectivity index (χ4n) is 4.81. The van der Waals surface area contributed by atoms with E-state index in [1.807, 2.05) is 36.4 Å². The lowest BCUT2D eigenvalue weighted by molar-refractivity contribution is -0.149. The van der Waals surface area contributed by atoms with E-state index in [2.05, 4.69) is 4.90 Å². The topological polar surface area (TPSA) is 68.3 Å². The molecule has 2 aliphatic rings. The van der Waals surface area contributed by atoms with E-state index < -0.39 is 10.7 Å². The van der Waals surface area contributed by atoms with Crippen molar-refractivity contribution < 1.29 is 23.8 Å². The molecule has 2 heterocycles. The molecular formula is C27H34N2O5S. The predicted octanol–water partition coefficient (Wildman–Crippen LogP) is 4.17. The summed E-state index contributed by atoms with van der Waals surface area (Å²) in [5, 5.41) is 0. The number of benzene rings is 2. The van der Waals surface area contributed by atoms with Crippen molar-refractivity contribution in [3.8, 4) is 11.5 Å². The Bertz CT molecular complexity index is 1060. The van der Waals surface area contributed by atoms with E-state index in [1.165, 1.54) is 31.0 Å². The lowest BCUT2D eigenvalue weighted by atomic mass is 9.95. The van der Waals surface area contributed by atoms with Crippen molar-refractivity contribution in [2.75, 3.05) is 51.9 Å². The molecule has 7 nitrogen and oxygen atoms in total. The molecule has 0 saturated carbocycles. The minimum absolute atomic E-state index is 0.185. The Morgan fingerprint density at radius 3 is 2.46 bits per heavy atom. The van der Waals surface area contributed by atoms with Gasteiger partial charge in [0.15, 0.2) is 11.5 Å².